The molecular formula is C26H26O5. The average Bonchev–Trinajstić information content (AvgIpc) is 2.80. The number of rotatable bonds is 12. The molecular weight excluding hydrogens is 392 g/mol. The van der Waals surface area contributed by atoms with E-state index in [0.717, 1.165) is 11.1 Å². The third kappa shape index (κ3) is 6.81. The van der Waals surface area contributed by atoms with Crippen molar-refractivity contribution in [3.05, 3.63) is 113 Å². The van der Waals surface area contributed by atoms with E-state index in [9.17, 15) is 9.90 Å². The minimum atomic E-state index is -1.01. The lowest BCUT2D eigenvalue weighted by Gasteiger charge is -2.16. The van der Waals surface area contributed by atoms with Gasteiger partial charge in [0, 0.05) is 5.56 Å². The number of carbonyl (C=O) groups is 1. The molecule has 5 nitrogen and oxygen atoms in total. The van der Waals surface area contributed by atoms with E-state index >= 15 is 0 Å². The average molecular weight is 418 g/mol. The molecule has 0 spiro atoms. The molecule has 3 aromatic rings. The van der Waals surface area contributed by atoms with Crippen LogP contribution in [-0.4, -0.2) is 17.9 Å². The molecule has 5 heteroatoms. The second-order valence-corrected chi connectivity index (χ2v) is 6.99. The summed E-state index contributed by atoms with van der Waals surface area (Å²) >= 11 is 0. The smallest absolute Gasteiger partial charge is 0.336 e. The van der Waals surface area contributed by atoms with Crippen LogP contribution in [0, 0.1) is 0 Å². The molecule has 0 radical (unpaired) electrons. The number of ether oxygens (including phenoxy) is 3. The highest BCUT2D eigenvalue weighted by molar-refractivity contribution is 5.90. The van der Waals surface area contributed by atoms with Gasteiger partial charge in [0.15, 0.2) is 0 Å². The predicted molar refractivity (Wildman–Crippen MR) is 119 cm³/mol. The Balaban J connectivity index is 1.67. The van der Waals surface area contributed by atoms with Gasteiger partial charge >= 0.3 is 5.97 Å². The van der Waals surface area contributed by atoms with Crippen molar-refractivity contribution in [2.75, 3.05) is 6.79 Å². The number of carboxylic acid groups (broad SMARTS) is 1. The van der Waals surface area contributed by atoms with E-state index in [4.69, 9.17) is 14.2 Å². The van der Waals surface area contributed by atoms with Crippen molar-refractivity contribution in [3.8, 4) is 5.75 Å². The van der Waals surface area contributed by atoms with Gasteiger partial charge in [-0.1, -0.05) is 66.7 Å². The summed E-state index contributed by atoms with van der Waals surface area (Å²) in [4.78, 5) is 11.9. The topological polar surface area (TPSA) is 65.0 Å². The molecule has 0 saturated carbocycles. The minimum Gasteiger partial charge on any atom is -0.489 e. The van der Waals surface area contributed by atoms with E-state index in [0.29, 0.717) is 36.5 Å². The van der Waals surface area contributed by atoms with Gasteiger partial charge in [0.05, 0.1) is 18.8 Å². The molecule has 0 saturated heterocycles. The van der Waals surface area contributed by atoms with Crippen molar-refractivity contribution in [2.45, 2.75) is 26.2 Å². The lowest BCUT2D eigenvalue weighted by molar-refractivity contribution is -0.0690. The van der Waals surface area contributed by atoms with E-state index in [1.165, 1.54) is 0 Å². The van der Waals surface area contributed by atoms with Gasteiger partial charge in [-0.2, -0.15) is 0 Å². The van der Waals surface area contributed by atoms with Crippen LogP contribution in [-0.2, 0) is 35.7 Å². The fourth-order valence-corrected chi connectivity index (χ4v) is 3.15. The van der Waals surface area contributed by atoms with E-state index in [1.807, 2.05) is 66.7 Å². The van der Waals surface area contributed by atoms with Crippen LogP contribution < -0.4 is 4.74 Å². The van der Waals surface area contributed by atoms with Crippen LogP contribution in [0.2, 0.25) is 0 Å². The summed E-state index contributed by atoms with van der Waals surface area (Å²) in [5.74, 6) is -0.490. The summed E-state index contributed by atoms with van der Waals surface area (Å²) in [5, 5.41) is 9.71. The van der Waals surface area contributed by atoms with E-state index < -0.39 is 5.97 Å². The van der Waals surface area contributed by atoms with Crippen molar-refractivity contribution >= 4 is 5.97 Å². The normalized spacial score (nSPS) is 10.6. The zero-order chi connectivity index (χ0) is 21.9. The standard InChI is InChI=1S/C26H26O5/c1-2-9-23-24(26(27)28)14-22(15-25(23)31-18-21-12-7-4-8-13-21)17-30-19-29-16-20-10-5-3-6-11-20/h2-8,10-15H,1,9,16-19H2,(H,27,28). The lowest BCUT2D eigenvalue weighted by Crippen LogP contribution is -2.08. The first-order chi connectivity index (χ1) is 15.2. The molecule has 0 aliphatic rings. The second-order valence-electron chi connectivity index (χ2n) is 6.99. The molecule has 3 rings (SSSR count). The maximum Gasteiger partial charge on any atom is 0.336 e. The van der Waals surface area contributed by atoms with Gasteiger partial charge in [-0.25, -0.2) is 4.79 Å². The summed E-state index contributed by atoms with van der Waals surface area (Å²) < 4.78 is 17.1. The molecule has 0 aromatic heterocycles. The predicted octanol–water partition coefficient (Wildman–Crippen LogP) is 5.38. The zero-order valence-electron chi connectivity index (χ0n) is 17.3. The maximum atomic E-state index is 11.9. The second kappa shape index (κ2) is 11.7. The summed E-state index contributed by atoms with van der Waals surface area (Å²) in [6, 6.07) is 23.0. The largest absolute Gasteiger partial charge is 0.489 e. The molecule has 0 aliphatic heterocycles. The molecule has 31 heavy (non-hydrogen) atoms. The molecule has 0 heterocycles. The van der Waals surface area contributed by atoms with E-state index in [1.54, 1.807) is 12.1 Å². The molecule has 0 amide bonds. The van der Waals surface area contributed by atoms with Gasteiger partial charge in [-0.3, -0.25) is 0 Å². The number of allylic oxidation sites excluding steroid dienone is 1. The monoisotopic (exact) mass is 418 g/mol. The van der Waals surface area contributed by atoms with Gasteiger partial charge in [-0.15, -0.1) is 6.58 Å². The number of hydrogen-bond acceptors (Lipinski definition) is 4. The number of benzene rings is 3. The van der Waals surface area contributed by atoms with Crippen molar-refractivity contribution < 1.29 is 24.1 Å². The van der Waals surface area contributed by atoms with Crippen LogP contribution >= 0.6 is 0 Å². The molecule has 0 aliphatic carbocycles. The summed E-state index contributed by atoms with van der Waals surface area (Å²) in [6.07, 6.45) is 2.07. The SMILES string of the molecule is C=CCc1c(OCc2ccccc2)cc(COCOCc2ccccc2)cc1C(=O)O. The number of aromatic carboxylic acids is 1. The van der Waals surface area contributed by atoms with Crippen LogP contribution in [0.4, 0.5) is 0 Å². The van der Waals surface area contributed by atoms with Crippen LogP contribution in [0.25, 0.3) is 0 Å². The Morgan fingerprint density at radius 2 is 1.42 bits per heavy atom. The summed E-state index contributed by atoms with van der Waals surface area (Å²) in [7, 11) is 0. The lowest BCUT2D eigenvalue weighted by atomic mass is 10.00. The third-order valence-corrected chi connectivity index (χ3v) is 4.63. The fourth-order valence-electron chi connectivity index (χ4n) is 3.15. The first-order valence-corrected chi connectivity index (χ1v) is 10.0. The highest BCUT2D eigenvalue weighted by atomic mass is 16.7. The van der Waals surface area contributed by atoms with Crippen LogP contribution in [0.5, 0.6) is 5.75 Å². The van der Waals surface area contributed by atoms with Gasteiger partial charge in [0.25, 0.3) is 0 Å². The van der Waals surface area contributed by atoms with Crippen molar-refractivity contribution in [1.82, 2.24) is 0 Å². The molecule has 160 valence electrons. The Bertz CT molecular complexity index is 983. The number of hydrogen-bond donors (Lipinski definition) is 1. The minimum absolute atomic E-state index is 0.103. The number of carboxylic acids is 1. The summed E-state index contributed by atoms with van der Waals surface area (Å²) in [5.41, 5.74) is 3.55. The molecule has 0 atom stereocenters. The molecule has 0 fully saturated rings. The highest BCUT2D eigenvalue weighted by Gasteiger charge is 2.17. The van der Waals surface area contributed by atoms with Crippen molar-refractivity contribution in [2.24, 2.45) is 0 Å². The Labute approximate surface area is 182 Å². The highest BCUT2D eigenvalue weighted by Crippen LogP contribution is 2.28. The quantitative estimate of drug-likeness (QED) is 0.243. The van der Waals surface area contributed by atoms with Crippen LogP contribution in [0.1, 0.15) is 32.6 Å². The Morgan fingerprint density at radius 1 is 0.839 bits per heavy atom. The van der Waals surface area contributed by atoms with Gasteiger partial charge < -0.3 is 19.3 Å². The first-order valence-electron chi connectivity index (χ1n) is 10.0. The van der Waals surface area contributed by atoms with Gasteiger partial charge in [0.2, 0.25) is 0 Å². The third-order valence-electron chi connectivity index (χ3n) is 4.63. The Hall–Kier alpha value is -3.41. The first kappa shape index (κ1) is 22.3. The Morgan fingerprint density at radius 3 is 2.00 bits per heavy atom. The summed E-state index contributed by atoms with van der Waals surface area (Å²) in [6.45, 7) is 4.85. The van der Waals surface area contributed by atoms with E-state index in [-0.39, 0.29) is 19.0 Å². The molecule has 3 aromatic carbocycles. The van der Waals surface area contributed by atoms with Gasteiger partial charge in [0.1, 0.15) is 19.1 Å². The van der Waals surface area contributed by atoms with Gasteiger partial charge in [-0.05, 0) is 35.2 Å². The van der Waals surface area contributed by atoms with Crippen LogP contribution in [0.3, 0.4) is 0 Å². The van der Waals surface area contributed by atoms with E-state index in [2.05, 4.69) is 6.58 Å². The molecule has 1 N–H and O–H groups in total. The maximum absolute atomic E-state index is 11.9. The van der Waals surface area contributed by atoms with Crippen molar-refractivity contribution in [3.63, 3.8) is 0 Å². The zero-order valence-corrected chi connectivity index (χ0v) is 17.3. The van der Waals surface area contributed by atoms with Crippen molar-refractivity contribution in [1.29, 1.82) is 0 Å². The Kier molecular flexibility index (Phi) is 8.40. The molecule has 0 unspecified atom stereocenters. The van der Waals surface area contributed by atoms with Crippen LogP contribution in [0.15, 0.2) is 85.5 Å². The fraction of sp³-hybridized carbons (Fsp3) is 0.192. The molecule has 0 bridgehead atoms.